The fraction of sp³-hybridized carbons (Fsp3) is 0.538. The number of nitrogens with zero attached hydrogens (tertiary/aromatic N) is 3. The Morgan fingerprint density at radius 3 is 2.89 bits per heavy atom. The van der Waals surface area contributed by atoms with Gasteiger partial charge in [-0.15, -0.1) is 0 Å². The normalized spacial score (nSPS) is 19.7. The van der Waals surface area contributed by atoms with Crippen LogP contribution in [0.15, 0.2) is 18.3 Å². The largest absolute Gasteiger partial charge is 0.343 e. The third-order valence-electron chi connectivity index (χ3n) is 2.97. The van der Waals surface area contributed by atoms with Gasteiger partial charge in [0.2, 0.25) is 11.8 Å². The number of nitrogens with one attached hydrogen (secondary N) is 1. The molecule has 6 heteroatoms. The zero-order valence-corrected chi connectivity index (χ0v) is 11.2. The first-order valence-electron chi connectivity index (χ1n) is 6.41. The summed E-state index contributed by atoms with van der Waals surface area (Å²) < 4.78 is 0. The summed E-state index contributed by atoms with van der Waals surface area (Å²) in [5, 5.41) is 10.5. The van der Waals surface area contributed by atoms with Crippen LogP contribution >= 0.6 is 0 Å². The van der Waals surface area contributed by atoms with Gasteiger partial charge in [0.05, 0.1) is 12.2 Å². The van der Waals surface area contributed by atoms with Gasteiger partial charge in [0, 0.05) is 6.20 Å². The van der Waals surface area contributed by atoms with Crippen LogP contribution in [0.1, 0.15) is 26.0 Å². The Bertz CT molecular complexity index is 461. The molecule has 6 nitrogen and oxygen atoms in total. The molecule has 1 aromatic rings. The Balaban J connectivity index is 2.07. The van der Waals surface area contributed by atoms with E-state index in [4.69, 9.17) is 0 Å². The highest BCUT2D eigenvalue weighted by Crippen LogP contribution is 2.13. The molecule has 102 valence electrons. The number of rotatable bonds is 4. The molecule has 2 heterocycles. The number of carbonyl (C=O) groups excluding carboxylic acids is 2. The van der Waals surface area contributed by atoms with Crippen molar-refractivity contribution in [2.75, 3.05) is 6.54 Å². The van der Waals surface area contributed by atoms with E-state index < -0.39 is 6.04 Å². The molecule has 0 saturated carbocycles. The summed E-state index contributed by atoms with van der Waals surface area (Å²) in [7, 11) is 0. The summed E-state index contributed by atoms with van der Waals surface area (Å²) >= 11 is 0. The Hall–Kier alpha value is -1.98. The van der Waals surface area contributed by atoms with Crippen LogP contribution < -0.4 is 5.32 Å². The number of hydrogen-bond acceptors (Lipinski definition) is 4. The lowest BCUT2D eigenvalue weighted by atomic mass is 10.0. The molecule has 0 radical (unpaired) electrons. The Morgan fingerprint density at radius 2 is 2.26 bits per heavy atom. The van der Waals surface area contributed by atoms with E-state index in [9.17, 15) is 9.59 Å². The van der Waals surface area contributed by atoms with Crippen LogP contribution in [0.4, 0.5) is 0 Å². The van der Waals surface area contributed by atoms with Gasteiger partial charge >= 0.3 is 0 Å². The lowest BCUT2D eigenvalue weighted by molar-refractivity contribution is -0.145. The molecule has 2 amide bonds. The molecule has 1 saturated heterocycles. The molecule has 1 aromatic heterocycles. The minimum Gasteiger partial charge on any atom is -0.343 e. The van der Waals surface area contributed by atoms with Crippen molar-refractivity contribution in [3.63, 3.8) is 0 Å². The highest BCUT2D eigenvalue weighted by atomic mass is 16.2. The van der Waals surface area contributed by atoms with Crippen molar-refractivity contribution < 1.29 is 9.59 Å². The van der Waals surface area contributed by atoms with Crippen LogP contribution in [0.2, 0.25) is 0 Å². The first kappa shape index (κ1) is 13.5. The second kappa shape index (κ2) is 5.77. The first-order valence-corrected chi connectivity index (χ1v) is 6.41. The van der Waals surface area contributed by atoms with E-state index in [1.165, 1.54) is 4.90 Å². The molecular formula is C13H18N4O2. The van der Waals surface area contributed by atoms with Crippen molar-refractivity contribution in [3.8, 4) is 0 Å². The van der Waals surface area contributed by atoms with Gasteiger partial charge in [0.1, 0.15) is 12.6 Å². The molecule has 1 fully saturated rings. The van der Waals surface area contributed by atoms with E-state index in [1.807, 2.05) is 13.8 Å². The molecule has 1 atom stereocenters. The van der Waals surface area contributed by atoms with Gasteiger partial charge in [-0.3, -0.25) is 9.59 Å². The van der Waals surface area contributed by atoms with Crippen LogP contribution in [0, 0.1) is 5.92 Å². The van der Waals surface area contributed by atoms with E-state index in [1.54, 1.807) is 18.3 Å². The van der Waals surface area contributed by atoms with Crippen LogP contribution in [0.5, 0.6) is 0 Å². The lowest BCUT2D eigenvalue weighted by Gasteiger charge is -2.33. The maximum atomic E-state index is 12.3. The molecule has 0 spiro atoms. The SMILES string of the molecule is CC(C)CC1NC(=O)CN(Cc2cccnn2)C1=O. The predicted octanol–water partition coefficient (Wildman–Crippen LogP) is 0.350. The molecule has 2 rings (SSSR count). The van der Waals surface area contributed by atoms with Gasteiger partial charge in [-0.25, -0.2) is 0 Å². The minimum atomic E-state index is -0.419. The molecule has 0 aromatic carbocycles. The molecule has 1 aliphatic heterocycles. The van der Waals surface area contributed by atoms with E-state index in [2.05, 4.69) is 15.5 Å². The smallest absolute Gasteiger partial charge is 0.245 e. The second-order valence-electron chi connectivity index (χ2n) is 5.16. The number of aromatic nitrogens is 2. The molecule has 0 bridgehead atoms. The Morgan fingerprint density at radius 1 is 1.47 bits per heavy atom. The number of hydrogen-bond donors (Lipinski definition) is 1. The average molecular weight is 262 g/mol. The Kier molecular flexibility index (Phi) is 4.09. The van der Waals surface area contributed by atoms with Crippen molar-refractivity contribution in [2.24, 2.45) is 5.92 Å². The van der Waals surface area contributed by atoms with Crippen molar-refractivity contribution in [3.05, 3.63) is 24.0 Å². The van der Waals surface area contributed by atoms with Crippen molar-refractivity contribution >= 4 is 11.8 Å². The van der Waals surface area contributed by atoms with Crippen molar-refractivity contribution in [1.29, 1.82) is 0 Å². The number of piperazine rings is 1. The van der Waals surface area contributed by atoms with Crippen LogP contribution in [-0.4, -0.2) is 39.5 Å². The fourth-order valence-electron chi connectivity index (χ4n) is 2.15. The first-order chi connectivity index (χ1) is 9.06. The van der Waals surface area contributed by atoms with Gasteiger partial charge in [-0.2, -0.15) is 10.2 Å². The molecular weight excluding hydrogens is 244 g/mol. The zero-order chi connectivity index (χ0) is 13.8. The predicted molar refractivity (Wildman–Crippen MR) is 68.8 cm³/mol. The summed E-state index contributed by atoms with van der Waals surface area (Å²) in [5.74, 6) is 0.193. The zero-order valence-electron chi connectivity index (χ0n) is 11.2. The van der Waals surface area contributed by atoms with E-state index in [-0.39, 0.29) is 18.4 Å². The van der Waals surface area contributed by atoms with Crippen LogP contribution in [0.25, 0.3) is 0 Å². The van der Waals surface area contributed by atoms with Crippen molar-refractivity contribution in [2.45, 2.75) is 32.9 Å². The van der Waals surface area contributed by atoms with Crippen LogP contribution in [-0.2, 0) is 16.1 Å². The summed E-state index contributed by atoms with van der Waals surface area (Å²) in [6.07, 6.45) is 2.23. The van der Waals surface area contributed by atoms with Gasteiger partial charge < -0.3 is 10.2 Å². The monoisotopic (exact) mass is 262 g/mol. The van der Waals surface area contributed by atoms with E-state index in [0.29, 0.717) is 24.6 Å². The molecule has 1 N–H and O–H groups in total. The minimum absolute atomic E-state index is 0.0426. The summed E-state index contributed by atoms with van der Waals surface area (Å²) in [6.45, 7) is 4.47. The topological polar surface area (TPSA) is 75.2 Å². The third kappa shape index (κ3) is 3.49. The second-order valence-corrected chi connectivity index (χ2v) is 5.16. The highest BCUT2D eigenvalue weighted by molar-refractivity contribution is 5.94. The van der Waals surface area contributed by atoms with Gasteiger partial charge in [0.25, 0.3) is 0 Å². The van der Waals surface area contributed by atoms with Crippen molar-refractivity contribution in [1.82, 2.24) is 20.4 Å². The average Bonchev–Trinajstić information content (AvgIpc) is 2.35. The molecule has 19 heavy (non-hydrogen) atoms. The molecule has 1 unspecified atom stereocenters. The van der Waals surface area contributed by atoms with Gasteiger partial charge in [-0.05, 0) is 24.5 Å². The van der Waals surface area contributed by atoms with Gasteiger partial charge in [0.15, 0.2) is 0 Å². The number of amides is 2. The lowest BCUT2D eigenvalue weighted by Crippen LogP contribution is -2.57. The number of carbonyl (C=O) groups is 2. The summed E-state index contributed by atoms with van der Waals surface area (Å²) in [4.78, 5) is 25.5. The quantitative estimate of drug-likeness (QED) is 0.849. The van der Waals surface area contributed by atoms with Gasteiger partial charge in [-0.1, -0.05) is 13.8 Å². The standard InChI is InChI=1S/C13H18N4O2/c1-9(2)6-11-13(19)17(8-12(18)15-11)7-10-4-3-5-14-16-10/h3-5,9,11H,6-8H2,1-2H3,(H,15,18). The summed E-state index contributed by atoms with van der Waals surface area (Å²) in [5.41, 5.74) is 0.689. The molecule has 1 aliphatic rings. The maximum absolute atomic E-state index is 12.3. The van der Waals surface area contributed by atoms with E-state index >= 15 is 0 Å². The third-order valence-corrected chi connectivity index (χ3v) is 2.97. The highest BCUT2D eigenvalue weighted by Gasteiger charge is 2.32. The summed E-state index contributed by atoms with van der Waals surface area (Å²) in [6, 6.07) is 3.14. The molecule has 0 aliphatic carbocycles. The van der Waals surface area contributed by atoms with E-state index in [0.717, 1.165) is 0 Å². The maximum Gasteiger partial charge on any atom is 0.245 e. The fourth-order valence-corrected chi connectivity index (χ4v) is 2.15. The van der Waals surface area contributed by atoms with Crippen LogP contribution in [0.3, 0.4) is 0 Å². The Labute approximate surface area is 112 Å².